The molecule has 0 saturated carbocycles. The van der Waals surface area contributed by atoms with Gasteiger partial charge in [0.15, 0.2) is 0 Å². The lowest BCUT2D eigenvalue weighted by atomic mass is 10.1. The van der Waals surface area contributed by atoms with Crippen molar-refractivity contribution in [1.82, 2.24) is 15.2 Å². The minimum atomic E-state index is -0.258. The van der Waals surface area contributed by atoms with E-state index in [2.05, 4.69) is 15.1 Å². The number of hydrogen-bond acceptors (Lipinski definition) is 6. The summed E-state index contributed by atoms with van der Waals surface area (Å²) in [6, 6.07) is 14.5. The molecule has 7 heteroatoms. The van der Waals surface area contributed by atoms with Crippen LogP contribution < -0.4 is 10.2 Å². The number of para-hydroxylation sites is 1. The molecule has 168 valence electrons. The third-order valence-corrected chi connectivity index (χ3v) is 5.73. The first-order valence-electron chi connectivity index (χ1n) is 11.1. The third-order valence-electron chi connectivity index (χ3n) is 5.73. The van der Waals surface area contributed by atoms with Crippen LogP contribution >= 0.6 is 0 Å². The number of nitrogens with zero attached hydrogens (tertiary/aromatic N) is 3. The molecule has 0 radical (unpaired) electrons. The van der Waals surface area contributed by atoms with E-state index in [4.69, 9.17) is 9.40 Å². The molecule has 7 nitrogen and oxygen atoms in total. The fourth-order valence-corrected chi connectivity index (χ4v) is 4.11. The Bertz CT molecular complexity index is 1050. The van der Waals surface area contributed by atoms with Gasteiger partial charge in [0.2, 0.25) is 5.91 Å². The molecular formula is C25H30N4O3. The Hall–Kier alpha value is -3.32. The van der Waals surface area contributed by atoms with Crippen molar-refractivity contribution in [2.75, 3.05) is 38.6 Å². The molecule has 0 bridgehead atoms. The zero-order valence-corrected chi connectivity index (χ0v) is 18.6. The summed E-state index contributed by atoms with van der Waals surface area (Å²) in [5.41, 5.74) is 2.14. The van der Waals surface area contributed by atoms with Crippen LogP contribution in [0, 0.1) is 0 Å². The highest BCUT2D eigenvalue weighted by Crippen LogP contribution is 2.35. The number of benzene rings is 1. The normalized spacial score (nSPS) is 16.0. The SMILES string of the molecule is CN(C)CCCNC(=O)[C@@H]1CCCN1c1cc(-c2ccco2)cc(-c2ccccc2O)n1. The van der Waals surface area contributed by atoms with Crippen LogP contribution in [0.3, 0.4) is 0 Å². The van der Waals surface area contributed by atoms with Crippen molar-refractivity contribution in [2.24, 2.45) is 0 Å². The van der Waals surface area contributed by atoms with E-state index in [9.17, 15) is 9.90 Å². The molecule has 32 heavy (non-hydrogen) atoms. The number of hydrogen-bond donors (Lipinski definition) is 2. The second-order valence-corrected chi connectivity index (χ2v) is 8.39. The Morgan fingerprint density at radius 1 is 1.25 bits per heavy atom. The smallest absolute Gasteiger partial charge is 0.242 e. The number of carbonyl (C=O) groups is 1. The second-order valence-electron chi connectivity index (χ2n) is 8.39. The third kappa shape index (κ3) is 4.94. The molecule has 3 aromatic rings. The Labute approximate surface area is 188 Å². The highest BCUT2D eigenvalue weighted by molar-refractivity contribution is 5.86. The van der Waals surface area contributed by atoms with Crippen molar-refractivity contribution in [1.29, 1.82) is 0 Å². The Kier molecular flexibility index (Phi) is 6.75. The first-order valence-corrected chi connectivity index (χ1v) is 11.1. The van der Waals surface area contributed by atoms with Gasteiger partial charge in [-0.1, -0.05) is 12.1 Å². The van der Waals surface area contributed by atoms with E-state index in [1.807, 2.05) is 50.5 Å². The summed E-state index contributed by atoms with van der Waals surface area (Å²) in [6.07, 6.45) is 4.26. The number of rotatable bonds is 8. The fourth-order valence-electron chi connectivity index (χ4n) is 4.11. The average Bonchev–Trinajstić information content (AvgIpc) is 3.49. The lowest BCUT2D eigenvalue weighted by molar-refractivity contribution is -0.122. The number of nitrogens with one attached hydrogen (secondary N) is 1. The molecule has 1 aliphatic rings. The quantitative estimate of drug-likeness (QED) is 0.526. The molecule has 1 aromatic carbocycles. The van der Waals surface area contributed by atoms with Gasteiger partial charge in [-0.05, 0) is 76.3 Å². The van der Waals surface area contributed by atoms with Gasteiger partial charge in [-0.15, -0.1) is 0 Å². The van der Waals surface area contributed by atoms with Crippen LogP contribution in [0.25, 0.3) is 22.6 Å². The standard InChI is InChI=1S/C25H30N4O3/c1-28(2)13-7-12-26-25(31)21-9-5-14-29(21)24-17-18(23-11-6-15-32-23)16-20(27-24)19-8-3-4-10-22(19)30/h3-4,6,8,10-11,15-17,21,30H,5,7,9,12-14H2,1-2H3,(H,26,31)/t21-/m0/s1. The monoisotopic (exact) mass is 434 g/mol. The maximum Gasteiger partial charge on any atom is 0.242 e. The number of phenolic OH excluding ortho intramolecular Hbond substituents is 1. The van der Waals surface area contributed by atoms with Crippen molar-refractivity contribution in [3.8, 4) is 28.3 Å². The van der Waals surface area contributed by atoms with E-state index >= 15 is 0 Å². The number of furan rings is 1. The van der Waals surface area contributed by atoms with Gasteiger partial charge >= 0.3 is 0 Å². The molecule has 0 unspecified atom stereocenters. The fraction of sp³-hybridized carbons (Fsp3) is 0.360. The minimum Gasteiger partial charge on any atom is -0.507 e. The summed E-state index contributed by atoms with van der Waals surface area (Å²) < 4.78 is 5.63. The van der Waals surface area contributed by atoms with Crippen LogP contribution in [-0.2, 0) is 4.79 Å². The molecule has 1 fully saturated rings. The predicted molar refractivity (Wildman–Crippen MR) is 126 cm³/mol. The minimum absolute atomic E-state index is 0.0376. The number of amides is 1. The first kappa shape index (κ1) is 21.9. The van der Waals surface area contributed by atoms with E-state index in [1.54, 1.807) is 18.4 Å². The molecule has 1 aliphatic heterocycles. The van der Waals surface area contributed by atoms with E-state index in [1.165, 1.54) is 0 Å². The molecule has 2 aromatic heterocycles. The molecule has 2 N–H and O–H groups in total. The largest absolute Gasteiger partial charge is 0.507 e. The number of aromatic nitrogens is 1. The Morgan fingerprint density at radius 3 is 2.84 bits per heavy atom. The number of anilines is 1. The number of aromatic hydroxyl groups is 1. The molecule has 4 rings (SSSR count). The second kappa shape index (κ2) is 9.87. The van der Waals surface area contributed by atoms with Crippen molar-refractivity contribution in [2.45, 2.75) is 25.3 Å². The topological polar surface area (TPSA) is 81.8 Å². The number of pyridine rings is 1. The lowest BCUT2D eigenvalue weighted by Crippen LogP contribution is -2.44. The number of phenols is 1. The lowest BCUT2D eigenvalue weighted by Gasteiger charge is -2.26. The molecule has 0 spiro atoms. The van der Waals surface area contributed by atoms with Gasteiger partial charge in [0, 0.05) is 24.2 Å². The van der Waals surface area contributed by atoms with Gasteiger partial charge in [-0.25, -0.2) is 4.98 Å². The summed E-state index contributed by atoms with van der Waals surface area (Å²) in [5.74, 6) is 1.63. The summed E-state index contributed by atoms with van der Waals surface area (Å²) in [5, 5.41) is 13.5. The zero-order chi connectivity index (χ0) is 22.5. The van der Waals surface area contributed by atoms with E-state index in [-0.39, 0.29) is 17.7 Å². The molecule has 1 saturated heterocycles. The summed E-state index contributed by atoms with van der Waals surface area (Å²) >= 11 is 0. The average molecular weight is 435 g/mol. The van der Waals surface area contributed by atoms with Gasteiger partial charge in [0.25, 0.3) is 0 Å². The maximum absolute atomic E-state index is 12.9. The summed E-state index contributed by atoms with van der Waals surface area (Å²) in [6.45, 7) is 2.35. The zero-order valence-electron chi connectivity index (χ0n) is 18.6. The highest BCUT2D eigenvalue weighted by atomic mass is 16.3. The van der Waals surface area contributed by atoms with Crippen LogP contribution in [-0.4, -0.2) is 60.7 Å². The van der Waals surface area contributed by atoms with Gasteiger partial charge in [-0.2, -0.15) is 0 Å². The highest BCUT2D eigenvalue weighted by Gasteiger charge is 2.32. The van der Waals surface area contributed by atoms with Crippen molar-refractivity contribution in [3.63, 3.8) is 0 Å². The van der Waals surface area contributed by atoms with Gasteiger partial charge in [-0.3, -0.25) is 4.79 Å². The molecule has 1 amide bonds. The Balaban J connectivity index is 1.63. The summed E-state index contributed by atoms with van der Waals surface area (Å²) in [4.78, 5) is 22.0. The van der Waals surface area contributed by atoms with Crippen LogP contribution in [0.4, 0.5) is 5.82 Å². The van der Waals surface area contributed by atoms with Crippen LogP contribution in [0.15, 0.2) is 59.2 Å². The number of carbonyl (C=O) groups excluding carboxylic acids is 1. The van der Waals surface area contributed by atoms with Crippen LogP contribution in [0.5, 0.6) is 5.75 Å². The van der Waals surface area contributed by atoms with Crippen molar-refractivity contribution < 1.29 is 14.3 Å². The maximum atomic E-state index is 12.9. The molecule has 0 aliphatic carbocycles. The molecule has 1 atom stereocenters. The van der Waals surface area contributed by atoms with Crippen molar-refractivity contribution in [3.05, 3.63) is 54.8 Å². The molecular weight excluding hydrogens is 404 g/mol. The van der Waals surface area contributed by atoms with Gasteiger partial charge in [0.05, 0.1) is 12.0 Å². The van der Waals surface area contributed by atoms with Crippen LogP contribution in [0.2, 0.25) is 0 Å². The van der Waals surface area contributed by atoms with Crippen LogP contribution in [0.1, 0.15) is 19.3 Å². The van der Waals surface area contributed by atoms with E-state index < -0.39 is 0 Å². The predicted octanol–water partition coefficient (Wildman–Crippen LogP) is 3.75. The first-order chi connectivity index (χ1) is 15.5. The van der Waals surface area contributed by atoms with Crippen molar-refractivity contribution >= 4 is 11.7 Å². The Morgan fingerprint density at radius 2 is 2.09 bits per heavy atom. The van der Waals surface area contributed by atoms with Gasteiger partial charge < -0.3 is 24.6 Å². The molecule has 3 heterocycles. The van der Waals surface area contributed by atoms with Gasteiger partial charge in [0.1, 0.15) is 23.4 Å². The summed E-state index contributed by atoms with van der Waals surface area (Å²) in [7, 11) is 4.06. The van der Waals surface area contributed by atoms with E-state index in [0.717, 1.165) is 37.9 Å². The van der Waals surface area contributed by atoms with E-state index in [0.29, 0.717) is 29.4 Å².